The summed E-state index contributed by atoms with van der Waals surface area (Å²) < 4.78 is 49.6. The third kappa shape index (κ3) is 2.07. The molecule has 0 saturated carbocycles. The van der Waals surface area contributed by atoms with Crippen molar-refractivity contribution in [2.45, 2.75) is 13.3 Å². The van der Waals surface area contributed by atoms with Gasteiger partial charge in [0.25, 0.3) is 0 Å². The standard InChI is InChI=1S/C9H10FNO5S/c1-2-3-14-8-6(11)4-5(10)7-9(8)16-17(12,13)15-7/h4H,2-3,11H2,1H3. The van der Waals surface area contributed by atoms with E-state index in [0.29, 0.717) is 13.0 Å². The molecule has 0 saturated heterocycles. The quantitative estimate of drug-likeness (QED) is 0.825. The third-order valence-electron chi connectivity index (χ3n) is 2.00. The summed E-state index contributed by atoms with van der Waals surface area (Å²) in [5, 5.41) is 0. The van der Waals surface area contributed by atoms with Gasteiger partial charge in [0, 0.05) is 6.07 Å². The molecular formula is C9H10FNO5S. The number of halogens is 1. The van der Waals surface area contributed by atoms with Gasteiger partial charge >= 0.3 is 10.4 Å². The van der Waals surface area contributed by atoms with E-state index in [4.69, 9.17) is 10.5 Å². The molecule has 6 nitrogen and oxygen atoms in total. The van der Waals surface area contributed by atoms with Gasteiger partial charge in [0.1, 0.15) is 0 Å². The maximum atomic E-state index is 13.4. The van der Waals surface area contributed by atoms with Crippen molar-refractivity contribution >= 4 is 16.1 Å². The molecule has 8 heteroatoms. The number of ether oxygens (including phenoxy) is 1. The maximum Gasteiger partial charge on any atom is 0.501 e. The number of nitrogens with two attached hydrogens (primary N) is 1. The van der Waals surface area contributed by atoms with Gasteiger partial charge in [-0.25, -0.2) is 4.39 Å². The highest BCUT2D eigenvalue weighted by Crippen LogP contribution is 2.48. The first-order valence-electron chi connectivity index (χ1n) is 4.83. The molecule has 0 aromatic heterocycles. The van der Waals surface area contributed by atoms with Crippen LogP contribution in [0.2, 0.25) is 0 Å². The zero-order chi connectivity index (χ0) is 12.6. The number of rotatable bonds is 3. The van der Waals surface area contributed by atoms with Gasteiger partial charge in [-0.05, 0) is 6.42 Å². The first-order chi connectivity index (χ1) is 7.94. The Labute approximate surface area is 97.4 Å². The van der Waals surface area contributed by atoms with E-state index in [1.807, 2.05) is 6.92 Å². The van der Waals surface area contributed by atoms with Crippen molar-refractivity contribution in [3.63, 3.8) is 0 Å². The summed E-state index contributed by atoms with van der Waals surface area (Å²) in [5.41, 5.74) is 5.48. The van der Waals surface area contributed by atoms with Crippen LogP contribution in [0.15, 0.2) is 6.07 Å². The second-order valence-corrected chi connectivity index (χ2v) is 4.51. The van der Waals surface area contributed by atoms with Crippen molar-refractivity contribution in [1.29, 1.82) is 0 Å². The largest absolute Gasteiger partial charge is 0.501 e. The van der Waals surface area contributed by atoms with E-state index in [9.17, 15) is 12.8 Å². The molecule has 0 unspecified atom stereocenters. The van der Waals surface area contributed by atoms with Gasteiger partial charge < -0.3 is 18.8 Å². The lowest BCUT2D eigenvalue weighted by Crippen LogP contribution is -2.08. The normalized spacial score (nSPS) is 15.9. The number of hydrogen-bond donors (Lipinski definition) is 1. The van der Waals surface area contributed by atoms with Crippen molar-refractivity contribution in [2.24, 2.45) is 0 Å². The number of hydrogen-bond acceptors (Lipinski definition) is 6. The van der Waals surface area contributed by atoms with Crippen LogP contribution in [0, 0.1) is 5.82 Å². The van der Waals surface area contributed by atoms with Crippen LogP contribution < -0.4 is 18.8 Å². The first-order valence-corrected chi connectivity index (χ1v) is 6.16. The number of nitrogen functional groups attached to an aromatic ring is 1. The predicted octanol–water partition coefficient (Wildman–Crippen LogP) is 1.21. The van der Waals surface area contributed by atoms with E-state index < -0.39 is 22.0 Å². The second kappa shape index (κ2) is 3.95. The topological polar surface area (TPSA) is 87.9 Å². The molecule has 1 aliphatic rings. The highest BCUT2D eigenvalue weighted by Gasteiger charge is 2.36. The van der Waals surface area contributed by atoms with E-state index in [2.05, 4.69) is 8.37 Å². The molecular weight excluding hydrogens is 253 g/mol. The minimum absolute atomic E-state index is 0.0238. The lowest BCUT2D eigenvalue weighted by Gasteiger charge is -2.09. The summed E-state index contributed by atoms with van der Waals surface area (Å²) in [5.74, 6) is -1.80. The maximum absolute atomic E-state index is 13.4. The SMILES string of the molecule is CCCOc1c(N)cc(F)c2c1OS(=O)(=O)O2. The molecule has 17 heavy (non-hydrogen) atoms. The molecule has 1 heterocycles. The Morgan fingerprint density at radius 1 is 1.41 bits per heavy atom. The van der Waals surface area contributed by atoms with E-state index in [1.54, 1.807) is 0 Å². The Hall–Kier alpha value is -1.70. The van der Waals surface area contributed by atoms with Crippen molar-refractivity contribution in [3.8, 4) is 17.2 Å². The summed E-state index contributed by atoms with van der Waals surface area (Å²) in [6.45, 7) is 2.15. The van der Waals surface area contributed by atoms with Crippen LogP contribution in [0.5, 0.6) is 17.2 Å². The molecule has 0 atom stereocenters. The zero-order valence-electron chi connectivity index (χ0n) is 8.90. The summed E-state index contributed by atoms with van der Waals surface area (Å²) in [6, 6.07) is 0.925. The van der Waals surface area contributed by atoms with E-state index in [0.717, 1.165) is 6.07 Å². The average Bonchev–Trinajstić information content (AvgIpc) is 2.54. The van der Waals surface area contributed by atoms with E-state index >= 15 is 0 Å². The molecule has 1 aromatic carbocycles. The van der Waals surface area contributed by atoms with E-state index in [-0.39, 0.29) is 17.2 Å². The molecule has 2 rings (SSSR count). The van der Waals surface area contributed by atoms with Crippen molar-refractivity contribution in [3.05, 3.63) is 11.9 Å². The van der Waals surface area contributed by atoms with E-state index in [1.165, 1.54) is 0 Å². The molecule has 1 aromatic rings. The van der Waals surface area contributed by atoms with Crippen LogP contribution in [0.3, 0.4) is 0 Å². The molecule has 0 aliphatic carbocycles. The Kier molecular flexibility index (Phi) is 2.74. The summed E-state index contributed by atoms with van der Waals surface area (Å²) in [4.78, 5) is 0. The molecule has 0 radical (unpaired) electrons. The minimum atomic E-state index is -4.27. The number of fused-ring (bicyclic) bond motifs is 1. The molecule has 94 valence electrons. The van der Waals surface area contributed by atoms with Crippen LogP contribution in [0.1, 0.15) is 13.3 Å². The molecule has 0 fully saturated rings. The van der Waals surface area contributed by atoms with Gasteiger partial charge in [-0.3, -0.25) is 0 Å². The zero-order valence-corrected chi connectivity index (χ0v) is 9.71. The molecule has 1 aliphatic heterocycles. The van der Waals surface area contributed by atoms with Gasteiger partial charge in [0.15, 0.2) is 11.6 Å². The van der Waals surface area contributed by atoms with Crippen molar-refractivity contribution < 1.29 is 25.9 Å². The average molecular weight is 263 g/mol. The number of benzene rings is 1. The van der Waals surface area contributed by atoms with Crippen LogP contribution in [-0.4, -0.2) is 15.0 Å². The first kappa shape index (κ1) is 11.8. The molecule has 0 amide bonds. The van der Waals surface area contributed by atoms with Crippen LogP contribution in [-0.2, 0) is 10.4 Å². The van der Waals surface area contributed by atoms with Gasteiger partial charge in [-0.15, -0.1) is 8.42 Å². The smallest absolute Gasteiger partial charge is 0.487 e. The summed E-state index contributed by atoms with van der Waals surface area (Å²) in [7, 11) is -4.27. The Bertz CT molecular complexity index is 557. The van der Waals surface area contributed by atoms with Gasteiger partial charge in [0.05, 0.1) is 12.3 Å². The fourth-order valence-electron chi connectivity index (χ4n) is 1.34. The van der Waals surface area contributed by atoms with Crippen LogP contribution in [0.4, 0.5) is 10.1 Å². The van der Waals surface area contributed by atoms with Crippen LogP contribution >= 0.6 is 0 Å². The molecule has 0 bridgehead atoms. The highest BCUT2D eigenvalue weighted by molar-refractivity contribution is 7.82. The number of anilines is 1. The highest BCUT2D eigenvalue weighted by atomic mass is 32.3. The molecule has 0 spiro atoms. The summed E-state index contributed by atoms with van der Waals surface area (Å²) >= 11 is 0. The van der Waals surface area contributed by atoms with Crippen LogP contribution in [0.25, 0.3) is 0 Å². The van der Waals surface area contributed by atoms with Crippen molar-refractivity contribution in [1.82, 2.24) is 0 Å². The monoisotopic (exact) mass is 263 g/mol. The minimum Gasteiger partial charge on any atom is -0.487 e. The molecule has 2 N–H and O–H groups in total. The van der Waals surface area contributed by atoms with Gasteiger partial charge in [-0.2, -0.15) is 0 Å². The Balaban J connectivity index is 2.52. The Morgan fingerprint density at radius 3 is 2.71 bits per heavy atom. The van der Waals surface area contributed by atoms with Gasteiger partial charge in [0.2, 0.25) is 11.5 Å². The summed E-state index contributed by atoms with van der Waals surface area (Å²) in [6.07, 6.45) is 0.680. The Morgan fingerprint density at radius 2 is 2.06 bits per heavy atom. The fraction of sp³-hybridized carbons (Fsp3) is 0.333. The van der Waals surface area contributed by atoms with Gasteiger partial charge in [-0.1, -0.05) is 6.92 Å². The predicted molar refractivity (Wildman–Crippen MR) is 56.8 cm³/mol. The lowest BCUT2D eigenvalue weighted by molar-refractivity contribution is 0.309. The lowest BCUT2D eigenvalue weighted by atomic mass is 10.2. The fourth-order valence-corrected chi connectivity index (χ4v) is 2.09. The third-order valence-corrected chi connectivity index (χ3v) is 2.74. The van der Waals surface area contributed by atoms with Crippen molar-refractivity contribution in [2.75, 3.05) is 12.3 Å². The second-order valence-electron chi connectivity index (χ2n) is 3.36.